The number of rotatable bonds is 0. The van der Waals surface area contributed by atoms with E-state index in [-0.39, 0.29) is 0 Å². The van der Waals surface area contributed by atoms with E-state index in [2.05, 4.69) is 27.7 Å². The second-order valence-electron chi connectivity index (χ2n) is 7.00. The Bertz CT molecular complexity index is 332. The molecule has 2 aliphatic rings. The molecular weight excluding hydrogens is 196 g/mol. The number of ketones is 1. The predicted molar refractivity (Wildman–Crippen MR) is 67.2 cm³/mol. The maximum atomic E-state index is 11.5. The fraction of sp³-hybridized carbons (Fsp3) is 0.800. The predicted octanol–water partition coefficient (Wildman–Crippen LogP) is 4.13. The second kappa shape index (κ2) is 3.72. The van der Waals surface area contributed by atoms with E-state index in [1.165, 1.54) is 18.4 Å². The lowest BCUT2D eigenvalue weighted by Crippen LogP contribution is -2.36. The van der Waals surface area contributed by atoms with Gasteiger partial charge in [0, 0.05) is 6.42 Å². The van der Waals surface area contributed by atoms with E-state index in [9.17, 15) is 4.79 Å². The Morgan fingerprint density at radius 3 is 2.62 bits per heavy atom. The van der Waals surface area contributed by atoms with Crippen molar-refractivity contribution in [2.75, 3.05) is 0 Å². The number of carbonyl (C=O) groups excluding carboxylic acids is 1. The molecule has 1 heteroatoms. The average molecular weight is 220 g/mol. The molecule has 0 radical (unpaired) electrons. The minimum absolute atomic E-state index is 0.324. The molecule has 2 atom stereocenters. The third-order valence-electron chi connectivity index (χ3n) is 4.72. The van der Waals surface area contributed by atoms with Crippen molar-refractivity contribution in [1.82, 2.24) is 0 Å². The molecule has 0 aromatic rings. The van der Waals surface area contributed by atoms with Crippen LogP contribution < -0.4 is 0 Å². The highest BCUT2D eigenvalue weighted by Gasteiger charge is 2.41. The van der Waals surface area contributed by atoms with Crippen LogP contribution in [-0.4, -0.2) is 5.78 Å². The van der Waals surface area contributed by atoms with Gasteiger partial charge in [0.25, 0.3) is 0 Å². The SMILES string of the molecule is CC(C)(C)[C@@H]1CCC2=CC(=O)CC[C@]2(C)C1. The highest BCUT2D eigenvalue weighted by molar-refractivity contribution is 5.91. The molecule has 0 heterocycles. The van der Waals surface area contributed by atoms with E-state index < -0.39 is 0 Å². The summed E-state index contributed by atoms with van der Waals surface area (Å²) in [6, 6.07) is 0. The molecule has 0 aromatic carbocycles. The van der Waals surface area contributed by atoms with Gasteiger partial charge < -0.3 is 0 Å². The molecule has 0 aliphatic heterocycles. The summed E-state index contributed by atoms with van der Waals surface area (Å²) in [6.07, 6.45) is 7.46. The van der Waals surface area contributed by atoms with Crippen LogP contribution in [0.5, 0.6) is 0 Å². The number of allylic oxidation sites excluding steroid dienone is 2. The van der Waals surface area contributed by atoms with Gasteiger partial charge in [0.05, 0.1) is 0 Å². The summed E-state index contributed by atoms with van der Waals surface area (Å²) in [4.78, 5) is 11.5. The minimum Gasteiger partial charge on any atom is -0.295 e. The normalized spacial score (nSPS) is 35.6. The van der Waals surface area contributed by atoms with E-state index in [1.54, 1.807) is 0 Å². The van der Waals surface area contributed by atoms with Crippen molar-refractivity contribution in [3.05, 3.63) is 11.6 Å². The largest absolute Gasteiger partial charge is 0.295 e. The summed E-state index contributed by atoms with van der Waals surface area (Å²) < 4.78 is 0. The first kappa shape index (κ1) is 11.9. The highest BCUT2D eigenvalue weighted by atomic mass is 16.1. The standard InChI is InChI=1S/C15H24O/c1-14(2,3)12-6-5-11-9-13(16)7-8-15(11,4)10-12/h9,12H,5-8,10H2,1-4H3/t12-,15-/m1/s1. The molecular formula is C15H24O. The number of carbonyl (C=O) groups is 1. The zero-order valence-electron chi connectivity index (χ0n) is 11.1. The lowest BCUT2D eigenvalue weighted by atomic mass is 9.58. The van der Waals surface area contributed by atoms with Gasteiger partial charge in [0.2, 0.25) is 0 Å². The van der Waals surface area contributed by atoms with Crippen LogP contribution in [0.2, 0.25) is 0 Å². The summed E-state index contributed by atoms with van der Waals surface area (Å²) in [5, 5.41) is 0. The van der Waals surface area contributed by atoms with Gasteiger partial charge in [-0.25, -0.2) is 0 Å². The van der Waals surface area contributed by atoms with E-state index >= 15 is 0 Å². The first-order chi connectivity index (χ1) is 7.31. The second-order valence-corrected chi connectivity index (χ2v) is 7.00. The Morgan fingerprint density at radius 2 is 2.00 bits per heavy atom. The number of hydrogen-bond acceptors (Lipinski definition) is 1. The Morgan fingerprint density at radius 1 is 1.31 bits per heavy atom. The molecule has 0 saturated heterocycles. The highest BCUT2D eigenvalue weighted by Crippen LogP contribution is 2.52. The zero-order valence-corrected chi connectivity index (χ0v) is 11.1. The molecule has 0 unspecified atom stereocenters. The Labute approximate surface area is 99.3 Å². The molecule has 90 valence electrons. The summed E-state index contributed by atoms with van der Waals surface area (Å²) >= 11 is 0. The molecule has 0 N–H and O–H groups in total. The smallest absolute Gasteiger partial charge is 0.155 e. The molecule has 1 nitrogen and oxygen atoms in total. The molecule has 0 aromatic heterocycles. The molecule has 1 saturated carbocycles. The number of hydrogen-bond donors (Lipinski definition) is 0. The monoisotopic (exact) mass is 220 g/mol. The van der Waals surface area contributed by atoms with Gasteiger partial charge in [-0.1, -0.05) is 33.3 Å². The van der Waals surface area contributed by atoms with Gasteiger partial charge in [-0.3, -0.25) is 4.79 Å². The van der Waals surface area contributed by atoms with Crippen molar-refractivity contribution in [3.8, 4) is 0 Å². The summed E-state index contributed by atoms with van der Waals surface area (Å²) in [6.45, 7) is 9.42. The van der Waals surface area contributed by atoms with Gasteiger partial charge in [0.15, 0.2) is 5.78 Å². The van der Waals surface area contributed by atoms with Crippen molar-refractivity contribution in [2.45, 2.75) is 59.8 Å². The fourth-order valence-corrected chi connectivity index (χ4v) is 3.32. The Kier molecular flexibility index (Phi) is 2.76. The van der Waals surface area contributed by atoms with Crippen molar-refractivity contribution < 1.29 is 4.79 Å². The van der Waals surface area contributed by atoms with Crippen LogP contribution in [0.4, 0.5) is 0 Å². The van der Waals surface area contributed by atoms with E-state index in [1.807, 2.05) is 6.08 Å². The Hall–Kier alpha value is -0.590. The van der Waals surface area contributed by atoms with Crippen LogP contribution in [-0.2, 0) is 4.79 Å². The van der Waals surface area contributed by atoms with Crippen molar-refractivity contribution in [1.29, 1.82) is 0 Å². The quantitative estimate of drug-likeness (QED) is 0.600. The molecule has 1 fully saturated rings. The van der Waals surface area contributed by atoms with Gasteiger partial charge in [-0.05, 0) is 48.5 Å². The summed E-state index contributed by atoms with van der Waals surface area (Å²) in [5.41, 5.74) is 2.17. The summed E-state index contributed by atoms with van der Waals surface area (Å²) in [7, 11) is 0. The van der Waals surface area contributed by atoms with Crippen LogP contribution in [0.25, 0.3) is 0 Å². The lowest BCUT2D eigenvalue weighted by Gasteiger charge is -2.46. The van der Waals surface area contributed by atoms with E-state index in [4.69, 9.17) is 0 Å². The van der Waals surface area contributed by atoms with Gasteiger partial charge >= 0.3 is 0 Å². The molecule has 2 aliphatic carbocycles. The third-order valence-corrected chi connectivity index (χ3v) is 4.72. The molecule has 0 spiro atoms. The van der Waals surface area contributed by atoms with Crippen LogP contribution in [0, 0.1) is 16.7 Å². The third kappa shape index (κ3) is 2.09. The van der Waals surface area contributed by atoms with Crippen molar-refractivity contribution >= 4 is 5.78 Å². The maximum Gasteiger partial charge on any atom is 0.155 e. The van der Waals surface area contributed by atoms with Gasteiger partial charge in [-0.15, -0.1) is 0 Å². The Balaban J connectivity index is 2.21. The fourth-order valence-electron chi connectivity index (χ4n) is 3.32. The van der Waals surface area contributed by atoms with Crippen LogP contribution in [0.1, 0.15) is 59.8 Å². The van der Waals surface area contributed by atoms with E-state index in [0.717, 1.165) is 25.2 Å². The van der Waals surface area contributed by atoms with Crippen molar-refractivity contribution in [2.24, 2.45) is 16.7 Å². The van der Waals surface area contributed by atoms with Gasteiger partial charge in [-0.2, -0.15) is 0 Å². The van der Waals surface area contributed by atoms with Crippen LogP contribution in [0.15, 0.2) is 11.6 Å². The molecule has 2 rings (SSSR count). The minimum atomic E-state index is 0.324. The van der Waals surface area contributed by atoms with Crippen LogP contribution in [0.3, 0.4) is 0 Å². The molecule has 16 heavy (non-hydrogen) atoms. The van der Waals surface area contributed by atoms with Crippen LogP contribution >= 0.6 is 0 Å². The topological polar surface area (TPSA) is 17.1 Å². The van der Waals surface area contributed by atoms with Gasteiger partial charge in [0.1, 0.15) is 0 Å². The first-order valence-electron chi connectivity index (χ1n) is 6.55. The molecule has 0 bridgehead atoms. The van der Waals surface area contributed by atoms with E-state index in [0.29, 0.717) is 16.6 Å². The molecule has 0 amide bonds. The lowest BCUT2D eigenvalue weighted by molar-refractivity contribution is -0.116. The number of fused-ring (bicyclic) bond motifs is 1. The average Bonchev–Trinajstić information content (AvgIpc) is 2.16. The van der Waals surface area contributed by atoms with Crippen molar-refractivity contribution in [3.63, 3.8) is 0 Å². The summed E-state index contributed by atoms with van der Waals surface area (Å²) in [5.74, 6) is 1.16. The first-order valence-corrected chi connectivity index (χ1v) is 6.55. The zero-order chi connectivity index (χ0) is 12.0. The maximum absolute atomic E-state index is 11.5.